The van der Waals surface area contributed by atoms with Gasteiger partial charge in [-0.1, -0.05) is 63.6 Å². The number of rotatable bonds is 12. The number of aliphatic carboxylic acids is 1. The Kier molecular flexibility index (Phi) is 10.4. The van der Waals surface area contributed by atoms with Crippen molar-refractivity contribution in [3.8, 4) is 5.75 Å². The molecule has 4 rings (SSSR count). The highest BCUT2D eigenvalue weighted by Crippen LogP contribution is 2.39. The Balaban J connectivity index is 1.96. The van der Waals surface area contributed by atoms with Crippen LogP contribution in [0.1, 0.15) is 57.5 Å². The summed E-state index contributed by atoms with van der Waals surface area (Å²) >= 11 is 6.11. The van der Waals surface area contributed by atoms with Gasteiger partial charge in [0.15, 0.2) is 24.9 Å². The molecule has 0 aliphatic carbocycles. The summed E-state index contributed by atoms with van der Waals surface area (Å²) in [6.07, 6.45) is -4.82. The van der Waals surface area contributed by atoms with Crippen molar-refractivity contribution in [1.29, 1.82) is 0 Å². The van der Waals surface area contributed by atoms with Gasteiger partial charge in [-0.15, -0.1) is 13.2 Å². The number of aryl methyl sites for hydroxylation is 1. The topological polar surface area (TPSA) is 118 Å². The first-order chi connectivity index (χ1) is 22.2. The number of aromatic nitrogens is 4. The van der Waals surface area contributed by atoms with Crippen LogP contribution in [0.2, 0.25) is 23.2 Å². The van der Waals surface area contributed by atoms with E-state index in [1.165, 1.54) is 28.3 Å². The van der Waals surface area contributed by atoms with E-state index < -0.39 is 43.1 Å². The Labute approximate surface area is 281 Å². The summed E-state index contributed by atoms with van der Waals surface area (Å²) in [5.74, 6) is -2.18. The van der Waals surface area contributed by atoms with Crippen molar-refractivity contribution in [1.82, 2.24) is 18.7 Å². The third-order valence-corrected chi connectivity index (χ3v) is 13.9. The van der Waals surface area contributed by atoms with Crippen LogP contribution in [0.3, 0.4) is 0 Å². The fraction of sp³-hybridized carbons (Fsp3) is 0.455. The number of carbonyl (C=O) groups is 1. The van der Waals surface area contributed by atoms with Crippen LogP contribution in [0.25, 0.3) is 11.2 Å². The van der Waals surface area contributed by atoms with Crippen LogP contribution in [-0.4, -0.2) is 51.0 Å². The summed E-state index contributed by atoms with van der Waals surface area (Å²) in [6, 6.07) is 11.3. The van der Waals surface area contributed by atoms with Crippen molar-refractivity contribution < 1.29 is 32.2 Å². The number of halogens is 4. The van der Waals surface area contributed by atoms with Crippen LogP contribution in [-0.2, 0) is 34.8 Å². The molecule has 48 heavy (non-hydrogen) atoms. The Morgan fingerprint density at radius 1 is 1.04 bits per heavy atom. The fourth-order valence-electron chi connectivity index (χ4n) is 5.41. The van der Waals surface area contributed by atoms with Gasteiger partial charge < -0.3 is 18.8 Å². The molecular weight excluding hydrogens is 669 g/mol. The van der Waals surface area contributed by atoms with Gasteiger partial charge >= 0.3 is 18.0 Å². The predicted molar refractivity (Wildman–Crippen MR) is 179 cm³/mol. The maximum Gasteiger partial charge on any atom is 0.573 e. The number of carboxylic acid groups (broad SMARTS) is 1. The Hall–Kier alpha value is -3.88. The van der Waals surface area contributed by atoms with Gasteiger partial charge in [0, 0.05) is 31.8 Å². The highest BCUT2D eigenvalue weighted by Gasteiger charge is 2.46. The molecule has 260 valence electrons. The number of fused-ring (bicyclic) bond motifs is 1. The summed E-state index contributed by atoms with van der Waals surface area (Å²) in [6.45, 7) is 12.4. The number of ether oxygens (including phenoxy) is 1. The maximum atomic E-state index is 14.2. The molecule has 2 heterocycles. The lowest BCUT2D eigenvalue weighted by molar-refractivity contribution is -0.274. The van der Waals surface area contributed by atoms with E-state index in [2.05, 4.69) is 43.6 Å². The molecule has 0 spiro atoms. The minimum atomic E-state index is -5.02. The first-order valence-electron chi connectivity index (χ1n) is 15.4. The first-order valence-corrected chi connectivity index (χ1v) is 18.7. The van der Waals surface area contributed by atoms with E-state index in [1.54, 1.807) is 31.2 Å². The van der Waals surface area contributed by atoms with Gasteiger partial charge in [0.1, 0.15) is 11.6 Å². The van der Waals surface area contributed by atoms with Crippen LogP contribution in [0.15, 0.2) is 58.1 Å². The molecule has 0 bridgehead atoms. The minimum absolute atomic E-state index is 0.0300. The van der Waals surface area contributed by atoms with Crippen molar-refractivity contribution in [2.45, 2.75) is 83.5 Å². The zero-order valence-corrected chi connectivity index (χ0v) is 29.7. The van der Waals surface area contributed by atoms with Crippen LogP contribution in [0, 0.1) is 0 Å². The molecule has 0 radical (unpaired) electrons. The predicted octanol–water partition coefficient (Wildman–Crippen LogP) is 6.69. The fourth-order valence-corrected chi connectivity index (χ4v) is 6.62. The second kappa shape index (κ2) is 13.6. The second-order valence-corrected chi connectivity index (χ2v) is 18.5. The second-order valence-electron chi connectivity index (χ2n) is 13.2. The van der Waals surface area contributed by atoms with Gasteiger partial charge in [-0.2, -0.15) is 0 Å². The van der Waals surface area contributed by atoms with Gasteiger partial charge in [-0.3, -0.25) is 18.7 Å². The zero-order chi connectivity index (χ0) is 35.8. The first kappa shape index (κ1) is 36.9. The number of imidazole rings is 1. The highest BCUT2D eigenvalue weighted by molar-refractivity contribution is 6.74. The third kappa shape index (κ3) is 7.25. The average Bonchev–Trinajstić information content (AvgIpc) is 3.35. The van der Waals surface area contributed by atoms with Crippen LogP contribution in [0.5, 0.6) is 5.75 Å². The molecule has 2 aromatic carbocycles. The summed E-state index contributed by atoms with van der Waals surface area (Å²) < 4.78 is 53.5. The number of alkyl halides is 3. The van der Waals surface area contributed by atoms with Crippen molar-refractivity contribution in [3.63, 3.8) is 0 Å². The average molecular weight is 709 g/mol. The van der Waals surface area contributed by atoms with E-state index in [0.717, 1.165) is 16.7 Å². The van der Waals surface area contributed by atoms with Crippen molar-refractivity contribution in [3.05, 3.63) is 91.3 Å². The van der Waals surface area contributed by atoms with E-state index in [0.29, 0.717) is 23.6 Å². The highest BCUT2D eigenvalue weighted by atomic mass is 35.5. The molecule has 0 aliphatic rings. The largest absolute Gasteiger partial charge is 0.573 e. The number of hydrogen-bond donors (Lipinski definition) is 1. The Bertz CT molecular complexity index is 1930. The van der Waals surface area contributed by atoms with Crippen LogP contribution >= 0.6 is 11.6 Å². The van der Waals surface area contributed by atoms with Crippen molar-refractivity contribution in [2.24, 2.45) is 7.05 Å². The smallest absolute Gasteiger partial charge is 0.480 e. The lowest BCUT2D eigenvalue weighted by atomic mass is 9.77. The third-order valence-electron chi connectivity index (χ3n) is 9.12. The van der Waals surface area contributed by atoms with E-state index >= 15 is 0 Å². The molecule has 2 aromatic heterocycles. The summed E-state index contributed by atoms with van der Waals surface area (Å²) in [5, 5.41) is 11.2. The summed E-state index contributed by atoms with van der Waals surface area (Å²) in [4.78, 5) is 45.7. The maximum absolute atomic E-state index is 14.2. The van der Waals surface area contributed by atoms with Crippen molar-refractivity contribution >= 4 is 37.1 Å². The number of nitrogens with zero attached hydrogens (tertiary/aromatic N) is 4. The number of carboxylic acids is 1. The Morgan fingerprint density at radius 2 is 1.69 bits per heavy atom. The SMILES string of the molecule is CCC(C(=O)O)(c1cccc(OC(F)(F)F)c1)c1nc2c(c(=O)n(CCCO[Si](C)(C)C(C)(C)C)c(=O)n2C)n1Cc1ccc(Cl)cc1. The molecule has 1 unspecified atom stereocenters. The van der Waals surface area contributed by atoms with Crippen LogP contribution < -0.4 is 16.0 Å². The molecule has 1 atom stereocenters. The number of benzene rings is 2. The Morgan fingerprint density at radius 3 is 2.25 bits per heavy atom. The molecule has 0 aliphatic heterocycles. The molecule has 1 N–H and O–H groups in total. The van der Waals surface area contributed by atoms with Gasteiger partial charge in [0.2, 0.25) is 0 Å². The molecule has 0 amide bonds. The standard InChI is InChI=1S/C33H40ClF3N4O6Si/c1-8-32(29(43)44,22-11-9-12-24(19-22)47-33(35,36)37)28-38-26-25(41(28)20-21-13-15-23(34)16-14-21)27(42)40(30(45)39(26)5)17-10-18-46-48(6,7)31(2,3)4/h9,11-16,19H,8,10,17-18,20H2,1-7H3,(H,43,44). The number of hydrogen-bond acceptors (Lipinski definition) is 6. The molecule has 15 heteroatoms. The van der Waals surface area contributed by atoms with Crippen molar-refractivity contribution in [2.75, 3.05) is 6.61 Å². The van der Waals surface area contributed by atoms with E-state index in [-0.39, 0.29) is 47.1 Å². The summed E-state index contributed by atoms with van der Waals surface area (Å²) in [5.41, 5.74) is -2.91. The lowest BCUT2D eigenvalue weighted by Gasteiger charge is -2.36. The van der Waals surface area contributed by atoms with Gasteiger partial charge in [-0.05, 0) is 66.4 Å². The molecule has 10 nitrogen and oxygen atoms in total. The molecule has 0 saturated carbocycles. The quantitative estimate of drug-likeness (QED) is 0.129. The van der Waals surface area contributed by atoms with Gasteiger partial charge in [0.05, 0.1) is 0 Å². The van der Waals surface area contributed by atoms with Crippen LogP contribution in [0.4, 0.5) is 13.2 Å². The molecule has 0 fully saturated rings. The van der Waals surface area contributed by atoms with E-state index in [9.17, 15) is 32.7 Å². The van der Waals surface area contributed by atoms with Gasteiger partial charge in [0.25, 0.3) is 5.56 Å². The molecule has 0 saturated heterocycles. The van der Waals surface area contributed by atoms with E-state index in [4.69, 9.17) is 16.0 Å². The summed E-state index contributed by atoms with van der Waals surface area (Å²) in [7, 11) is -0.652. The minimum Gasteiger partial charge on any atom is -0.480 e. The van der Waals surface area contributed by atoms with E-state index in [1.807, 2.05) is 0 Å². The van der Waals surface area contributed by atoms with Gasteiger partial charge in [-0.25, -0.2) is 9.78 Å². The molecular formula is C33H40ClF3N4O6Si. The normalized spacial score (nSPS) is 13.9. The zero-order valence-electron chi connectivity index (χ0n) is 27.9. The molecule has 4 aromatic rings. The lowest BCUT2D eigenvalue weighted by Crippen LogP contribution is -2.42. The monoisotopic (exact) mass is 708 g/mol.